The molecule has 1 aromatic carbocycles. The van der Waals surface area contributed by atoms with Crippen LogP contribution in [-0.4, -0.2) is 58.5 Å². The minimum absolute atomic E-state index is 0.138. The van der Waals surface area contributed by atoms with E-state index >= 15 is 0 Å². The number of methoxy groups -OCH3 is 1. The number of carbonyl (C=O) groups excluding carboxylic acids is 1. The van der Waals surface area contributed by atoms with E-state index < -0.39 is 0 Å². The topological polar surface area (TPSA) is 50.6 Å². The van der Waals surface area contributed by atoms with Gasteiger partial charge < -0.3 is 14.2 Å². The second-order valence-electron chi connectivity index (χ2n) is 9.97. The maximum Gasteiger partial charge on any atom is 0.230 e. The van der Waals surface area contributed by atoms with Crippen molar-refractivity contribution in [2.75, 3.05) is 33.3 Å². The van der Waals surface area contributed by atoms with E-state index in [-0.39, 0.29) is 11.3 Å². The third kappa shape index (κ3) is 3.75. The van der Waals surface area contributed by atoms with E-state index in [1.165, 1.54) is 18.4 Å². The molecule has 1 saturated carbocycles. The van der Waals surface area contributed by atoms with Gasteiger partial charge in [0.05, 0.1) is 24.5 Å². The molecule has 2 unspecified atom stereocenters. The smallest absolute Gasteiger partial charge is 0.230 e. The lowest BCUT2D eigenvalue weighted by Crippen LogP contribution is -2.40. The number of aromatic nitrogens is 2. The molecule has 6 heteroatoms. The fourth-order valence-electron chi connectivity index (χ4n) is 5.51. The molecule has 6 nitrogen and oxygen atoms in total. The van der Waals surface area contributed by atoms with E-state index in [4.69, 9.17) is 9.72 Å². The molecule has 1 aromatic heterocycles. The van der Waals surface area contributed by atoms with Gasteiger partial charge in [-0.1, -0.05) is 18.2 Å². The number of para-hydroxylation sites is 1. The molecule has 31 heavy (non-hydrogen) atoms. The summed E-state index contributed by atoms with van der Waals surface area (Å²) in [6, 6.07) is 8.58. The zero-order valence-corrected chi connectivity index (χ0v) is 19.0. The number of carbonyl (C=O) groups is 1. The molecule has 0 bridgehead atoms. The predicted octanol–water partition coefficient (Wildman–Crippen LogP) is 3.70. The minimum Gasteiger partial charge on any atom is -0.496 e. The third-order valence-corrected chi connectivity index (χ3v) is 7.49. The minimum atomic E-state index is -0.354. The molecule has 2 aliphatic heterocycles. The number of rotatable bonds is 7. The Morgan fingerprint density at radius 1 is 1.26 bits per heavy atom. The standard InChI is InChI=1S/C25H34N4O2/c1-18(2)29-15-22(26-17-29)21-14-27(13-20-6-4-5-7-23(20)31-3)16-25(21)10-11-28(24(25)30)12-19-8-9-19/h4-7,15,17-19,21H,8-14,16H2,1-3H3. The molecule has 3 fully saturated rings. The Labute approximate surface area is 185 Å². The molecule has 0 N–H and O–H groups in total. The molecule has 1 spiro atoms. The van der Waals surface area contributed by atoms with Gasteiger partial charge in [0.1, 0.15) is 5.75 Å². The number of likely N-dealkylation sites (tertiary alicyclic amines) is 2. The SMILES string of the molecule is COc1ccccc1CN1CC(c2cn(C(C)C)cn2)C2(CCN(CC3CC3)C2=O)C1. The lowest BCUT2D eigenvalue weighted by Gasteiger charge is -2.28. The number of hydrogen-bond donors (Lipinski definition) is 0. The van der Waals surface area contributed by atoms with Crippen LogP contribution in [0.25, 0.3) is 0 Å². The summed E-state index contributed by atoms with van der Waals surface area (Å²) in [7, 11) is 1.72. The number of imidazole rings is 1. The first-order chi connectivity index (χ1) is 15.0. The summed E-state index contributed by atoms with van der Waals surface area (Å²) in [4.78, 5) is 23.2. The molecule has 2 aromatic rings. The van der Waals surface area contributed by atoms with Gasteiger partial charge in [0.2, 0.25) is 5.91 Å². The Hall–Kier alpha value is -2.34. The Morgan fingerprint density at radius 2 is 2.06 bits per heavy atom. The molecular weight excluding hydrogens is 388 g/mol. The van der Waals surface area contributed by atoms with Gasteiger partial charge in [-0.3, -0.25) is 9.69 Å². The Bertz CT molecular complexity index is 951. The van der Waals surface area contributed by atoms with Crippen LogP contribution in [0.4, 0.5) is 0 Å². The molecule has 1 amide bonds. The highest BCUT2D eigenvalue weighted by molar-refractivity contribution is 5.87. The second kappa shape index (κ2) is 7.97. The van der Waals surface area contributed by atoms with Crippen molar-refractivity contribution < 1.29 is 9.53 Å². The van der Waals surface area contributed by atoms with Crippen LogP contribution in [0, 0.1) is 11.3 Å². The summed E-state index contributed by atoms with van der Waals surface area (Å²) in [5, 5.41) is 0. The molecule has 3 aliphatic rings. The predicted molar refractivity (Wildman–Crippen MR) is 120 cm³/mol. The average Bonchev–Trinajstić information content (AvgIpc) is 3.18. The molecule has 3 heterocycles. The Kier molecular flexibility index (Phi) is 5.29. The number of ether oxygens (including phenoxy) is 1. The lowest BCUT2D eigenvalue weighted by molar-refractivity contribution is -0.136. The van der Waals surface area contributed by atoms with E-state index in [9.17, 15) is 4.79 Å². The number of amides is 1. The van der Waals surface area contributed by atoms with Crippen molar-refractivity contribution in [2.45, 2.75) is 51.6 Å². The summed E-state index contributed by atoms with van der Waals surface area (Å²) in [6.07, 6.45) is 7.58. The molecule has 2 atom stereocenters. The van der Waals surface area contributed by atoms with Crippen LogP contribution in [0.5, 0.6) is 5.75 Å². The highest BCUT2D eigenvalue weighted by Gasteiger charge is 2.58. The summed E-state index contributed by atoms with van der Waals surface area (Å²) >= 11 is 0. The normalized spacial score (nSPS) is 26.5. The van der Waals surface area contributed by atoms with Crippen LogP contribution in [-0.2, 0) is 11.3 Å². The summed E-state index contributed by atoms with van der Waals surface area (Å²) in [6.45, 7) is 8.62. The van der Waals surface area contributed by atoms with Gasteiger partial charge in [-0.15, -0.1) is 0 Å². The summed E-state index contributed by atoms with van der Waals surface area (Å²) in [5.41, 5.74) is 1.89. The fraction of sp³-hybridized carbons (Fsp3) is 0.600. The number of benzene rings is 1. The van der Waals surface area contributed by atoms with Crippen LogP contribution in [0.2, 0.25) is 0 Å². The van der Waals surface area contributed by atoms with Gasteiger partial charge in [0, 0.05) is 56.4 Å². The van der Waals surface area contributed by atoms with Crippen LogP contribution in [0.3, 0.4) is 0 Å². The maximum atomic E-state index is 13.8. The quantitative estimate of drug-likeness (QED) is 0.683. The van der Waals surface area contributed by atoms with E-state index in [2.05, 4.69) is 46.5 Å². The first kappa shape index (κ1) is 20.6. The highest BCUT2D eigenvalue weighted by Crippen LogP contribution is 2.50. The summed E-state index contributed by atoms with van der Waals surface area (Å²) < 4.78 is 7.75. The lowest BCUT2D eigenvalue weighted by atomic mass is 9.75. The van der Waals surface area contributed by atoms with Crippen molar-refractivity contribution in [2.24, 2.45) is 11.3 Å². The fourth-order valence-corrected chi connectivity index (χ4v) is 5.51. The molecule has 0 radical (unpaired) electrons. The first-order valence-electron chi connectivity index (χ1n) is 11.7. The van der Waals surface area contributed by atoms with Gasteiger partial charge in [0.25, 0.3) is 0 Å². The first-order valence-corrected chi connectivity index (χ1v) is 11.7. The monoisotopic (exact) mass is 422 g/mol. The van der Waals surface area contributed by atoms with E-state index in [1.807, 2.05) is 18.5 Å². The zero-order chi connectivity index (χ0) is 21.6. The van der Waals surface area contributed by atoms with Crippen molar-refractivity contribution >= 4 is 5.91 Å². The summed E-state index contributed by atoms with van der Waals surface area (Å²) in [5.74, 6) is 2.13. The maximum absolute atomic E-state index is 13.8. The number of hydrogen-bond acceptors (Lipinski definition) is 4. The van der Waals surface area contributed by atoms with Crippen molar-refractivity contribution in [3.05, 3.63) is 48.0 Å². The Balaban J connectivity index is 1.44. The van der Waals surface area contributed by atoms with Gasteiger partial charge >= 0.3 is 0 Å². The van der Waals surface area contributed by atoms with Crippen LogP contribution < -0.4 is 4.74 Å². The highest BCUT2D eigenvalue weighted by atomic mass is 16.5. The van der Waals surface area contributed by atoms with Crippen LogP contribution >= 0.6 is 0 Å². The van der Waals surface area contributed by atoms with Crippen molar-refractivity contribution in [1.29, 1.82) is 0 Å². The van der Waals surface area contributed by atoms with Gasteiger partial charge in [-0.05, 0) is 45.1 Å². The van der Waals surface area contributed by atoms with Crippen molar-refractivity contribution in [1.82, 2.24) is 19.4 Å². The van der Waals surface area contributed by atoms with Gasteiger partial charge in [-0.25, -0.2) is 4.98 Å². The van der Waals surface area contributed by atoms with Gasteiger partial charge in [-0.2, -0.15) is 0 Å². The molecule has 166 valence electrons. The number of nitrogens with zero attached hydrogens (tertiary/aromatic N) is 4. The second-order valence-corrected chi connectivity index (χ2v) is 9.97. The molecule has 1 aliphatic carbocycles. The third-order valence-electron chi connectivity index (χ3n) is 7.49. The van der Waals surface area contributed by atoms with E-state index in [0.717, 1.165) is 56.5 Å². The zero-order valence-electron chi connectivity index (χ0n) is 19.0. The van der Waals surface area contributed by atoms with E-state index in [1.54, 1.807) is 7.11 Å². The molecular formula is C25H34N4O2. The van der Waals surface area contributed by atoms with Crippen molar-refractivity contribution in [3.8, 4) is 5.75 Å². The largest absolute Gasteiger partial charge is 0.496 e. The average molecular weight is 423 g/mol. The van der Waals surface area contributed by atoms with Gasteiger partial charge in [0.15, 0.2) is 0 Å². The van der Waals surface area contributed by atoms with Crippen LogP contribution in [0.15, 0.2) is 36.8 Å². The van der Waals surface area contributed by atoms with Crippen molar-refractivity contribution in [3.63, 3.8) is 0 Å². The van der Waals surface area contributed by atoms with E-state index in [0.29, 0.717) is 11.9 Å². The van der Waals surface area contributed by atoms with Crippen LogP contribution in [0.1, 0.15) is 56.3 Å². The molecule has 5 rings (SSSR count). The Morgan fingerprint density at radius 3 is 2.77 bits per heavy atom. The molecule has 2 saturated heterocycles.